The number of hydrogen-bond donors (Lipinski definition) is 3. The fourth-order valence-electron chi connectivity index (χ4n) is 2.46. The summed E-state index contributed by atoms with van der Waals surface area (Å²) >= 11 is 0. The van der Waals surface area contributed by atoms with Crippen LogP contribution in [0.4, 0.5) is 10.2 Å². The van der Waals surface area contributed by atoms with Crippen molar-refractivity contribution in [2.24, 2.45) is 0 Å². The second kappa shape index (κ2) is 8.84. The van der Waals surface area contributed by atoms with E-state index < -0.39 is 5.82 Å². The van der Waals surface area contributed by atoms with Crippen LogP contribution >= 0.6 is 0 Å². The van der Waals surface area contributed by atoms with Crippen molar-refractivity contribution in [1.29, 1.82) is 0 Å². The van der Waals surface area contributed by atoms with Crippen molar-refractivity contribution < 1.29 is 9.18 Å². The van der Waals surface area contributed by atoms with E-state index in [1.165, 1.54) is 6.07 Å². The second-order valence-electron chi connectivity index (χ2n) is 6.03. The second-order valence-corrected chi connectivity index (χ2v) is 6.03. The van der Waals surface area contributed by atoms with Crippen LogP contribution in [0.2, 0.25) is 0 Å². The Hall–Kier alpha value is -3.36. The topological polar surface area (TPSA) is 108 Å². The highest BCUT2D eigenvalue weighted by molar-refractivity contribution is 5.90. The van der Waals surface area contributed by atoms with Gasteiger partial charge in [0.2, 0.25) is 5.82 Å². The number of hydrogen-bond acceptors (Lipinski definition) is 6. The third-order valence-electron chi connectivity index (χ3n) is 3.90. The first-order valence-electron chi connectivity index (χ1n) is 8.54. The molecule has 0 unspecified atom stereocenters. The van der Waals surface area contributed by atoms with E-state index in [1.54, 1.807) is 18.6 Å². The molecule has 0 aliphatic carbocycles. The van der Waals surface area contributed by atoms with Gasteiger partial charge < -0.3 is 10.6 Å². The van der Waals surface area contributed by atoms with Gasteiger partial charge in [0.05, 0.1) is 12.4 Å². The molecule has 3 rings (SSSR count). The minimum absolute atomic E-state index is 0.0868. The largest absolute Gasteiger partial charge is 0.369 e. The van der Waals surface area contributed by atoms with Crippen LogP contribution in [0.5, 0.6) is 0 Å². The molecule has 0 spiro atoms. The Kier molecular flexibility index (Phi) is 6.03. The molecule has 0 saturated heterocycles. The SMILES string of the molecule is Cc1cnc(C(=O)NCCc2cncc(F)c2)nc1NCCc1cn[nH]c1. The minimum Gasteiger partial charge on any atom is -0.369 e. The van der Waals surface area contributed by atoms with Gasteiger partial charge in [0.1, 0.15) is 11.6 Å². The number of pyridine rings is 1. The predicted molar refractivity (Wildman–Crippen MR) is 97.8 cm³/mol. The number of aromatic nitrogens is 5. The Bertz CT molecular complexity index is 898. The number of aromatic amines is 1. The number of anilines is 1. The van der Waals surface area contributed by atoms with E-state index in [1.807, 2.05) is 13.1 Å². The smallest absolute Gasteiger partial charge is 0.289 e. The molecule has 0 aliphatic rings. The molecule has 3 aromatic rings. The summed E-state index contributed by atoms with van der Waals surface area (Å²) in [5, 5.41) is 12.6. The summed E-state index contributed by atoms with van der Waals surface area (Å²) < 4.78 is 13.1. The molecule has 9 heteroatoms. The standard InChI is InChI=1S/C18H20FN7O/c1-12-7-23-17(26-16(12)21-4-3-14-9-24-25-10-14)18(27)22-5-2-13-6-15(19)11-20-8-13/h6-11H,2-5H2,1H3,(H,22,27)(H,24,25)(H,21,23,26). The molecule has 140 valence electrons. The minimum atomic E-state index is -0.396. The highest BCUT2D eigenvalue weighted by Crippen LogP contribution is 2.10. The third kappa shape index (κ3) is 5.30. The number of carbonyl (C=O) groups is 1. The maximum Gasteiger partial charge on any atom is 0.289 e. The van der Waals surface area contributed by atoms with E-state index in [0.29, 0.717) is 30.9 Å². The molecule has 3 aromatic heterocycles. The molecule has 3 heterocycles. The molecule has 8 nitrogen and oxygen atoms in total. The van der Waals surface area contributed by atoms with Crippen LogP contribution in [0.15, 0.2) is 37.1 Å². The summed E-state index contributed by atoms with van der Waals surface area (Å²) in [6, 6.07) is 1.39. The third-order valence-corrected chi connectivity index (χ3v) is 3.90. The Balaban J connectivity index is 1.53. The van der Waals surface area contributed by atoms with Crippen LogP contribution < -0.4 is 10.6 Å². The van der Waals surface area contributed by atoms with E-state index in [4.69, 9.17) is 0 Å². The van der Waals surface area contributed by atoms with Gasteiger partial charge >= 0.3 is 0 Å². The van der Waals surface area contributed by atoms with Crippen LogP contribution in [-0.2, 0) is 12.8 Å². The van der Waals surface area contributed by atoms with Crippen molar-refractivity contribution in [3.8, 4) is 0 Å². The fourth-order valence-corrected chi connectivity index (χ4v) is 2.46. The average Bonchev–Trinajstić information content (AvgIpc) is 3.17. The van der Waals surface area contributed by atoms with Gasteiger partial charge in [0, 0.05) is 37.2 Å². The molecule has 0 aliphatic heterocycles. The fraction of sp³-hybridized carbons (Fsp3) is 0.278. The van der Waals surface area contributed by atoms with E-state index >= 15 is 0 Å². The zero-order valence-corrected chi connectivity index (χ0v) is 14.9. The molecule has 1 amide bonds. The van der Waals surface area contributed by atoms with Crippen molar-refractivity contribution in [2.45, 2.75) is 19.8 Å². The molecule has 0 aromatic carbocycles. The molecule has 0 bridgehead atoms. The zero-order valence-electron chi connectivity index (χ0n) is 14.9. The summed E-state index contributed by atoms with van der Waals surface area (Å²) in [6.45, 7) is 2.87. The first-order chi connectivity index (χ1) is 13.1. The van der Waals surface area contributed by atoms with Gasteiger partial charge in [-0.25, -0.2) is 14.4 Å². The number of amides is 1. The van der Waals surface area contributed by atoms with Crippen LogP contribution in [0.1, 0.15) is 27.3 Å². The number of carbonyl (C=O) groups excluding carboxylic acids is 1. The highest BCUT2D eigenvalue weighted by atomic mass is 19.1. The average molecular weight is 369 g/mol. The Morgan fingerprint density at radius 3 is 2.78 bits per heavy atom. The number of aryl methyl sites for hydroxylation is 1. The van der Waals surface area contributed by atoms with Gasteiger partial charge in [-0.3, -0.25) is 14.9 Å². The predicted octanol–water partition coefficient (Wildman–Crippen LogP) is 1.67. The lowest BCUT2D eigenvalue weighted by Gasteiger charge is -2.10. The summed E-state index contributed by atoms with van der Waals surface area (Å²) in [4.78, 5) is 24.4. The summed E-state index contributed by atoms with van der Waals surface area (Å²) in [5.41, 5.74) is 2.64. The van der Waals surface area contributed by atoms with Crippen molar-refractivity contribution in [3.05, 3.63) is 65.4 Å². The Morgan fingerprint density at radius 2 is 2.00 bits per heavy atom. The van der Waals surface area contributed by atoms with E-state index in [-0.39, 0.29) is 11.7 Å². The number of nitrogens with one attached hydrogen (secondary N) is 3. The van der Waals surface area contributed by atoms with Gasteiger partial charge in [-0.2, -0.15) is 5.10 Å². The normalized spacial score (nSPS) is 10.6. The zero-order chi connectivity index (χ0) is 19.1. The van der Waals surface area contributed by atoms with Crippen molar-refractivity contribution >= 4 is 11.7 Å². The summed E-state index contributed by atoms with van der Waals surface area (Å²) in [6.07, 6.45) is 9.17. The molecule has 0 atom stereocenters. The lowest BCUT2D eigenvalue weighted by Crippen LogP contribution is -2.28. The number of rotatable bonds is 8. The van der Waals surface area contributed by atoms with Crippen LogP contribution in [0, 0.1) is 12.7 Å². The maximum absolute atomic E-state index is 13.1. The Morgan fingerprint density at radius 1 is 1.15 bits per heavy atom. The first-order valence-corrected chi connectivity index (χ1v) is 8.54. The van der Waals surface area contributed by atoms with Crippen LogP contribution in [0.3, 0.4) is 0 Å². The van der Waals surface area contributed by atoms with Gasteiger partial charge in [-0.15, -0.1) is 0 Å². The van der Waals surface area contributed by atoms with E-state index in [9.17, 15) is 9.18 Å². The molecule has 0 saturated carbocycles. The molecular weight excluding hydrogens is 349 g/mol. The van der Waals surface area contributed by atoms with Gasteiger partial charge in [-0.05, 0) is 37.0 Å². The Labute approximate surface area is 155 Å². The monoisotopic (exact) mass is 369 g/mol. The molecule has 3 N–H and O–H groups in total. The van der Waals surface area contributed by atoms with Gasteiger partial charge in [0.25, 0.3) is 5.91 Å². The lowest BCUT2D eigenvalue weighted by molar-refractivity contribution is 0.0944. The molecule has 0 fully saturated rings. The van der Waals surface area contributed by atoms with Gasteiger partial charge in [-0.1, -0.05) is 0 Å². The highest BCUT2D eigenvalue weighted by Gasteiger charge is 2.11. The van der Waals surface area contributed by atoms with E-state index in [2.05, 4.69) is 35.8 Å². The van der Waals surface area contributed by atoms with Crippen LogP contribution in [-0.4, -0.2) is 44.1 Å². The van der Waals surface area contributed by atoms with Crippen molar-refractivity contribution in [2.75, 3.05) is 18.4 Å². The lowest BCUT2D eigenvalue weighted by atomic mass is 10.2. The van der Waals surface area contributed by atoms with Crippen LogP contribution in [0.25, 0.3) is 0 Å². The molecule has 27 heavy (non-hydrogen) atoms. The van der Waals surface area contributed by atoms with Gasteiger partial charge in [0.15, 0.2) is 0 Å². The number of H-pyrrole nitrogens is 1. The molecule has 0 radical (unpaired) electrons. The molecular formula is C18H20FN7O. The summed E-state index contributed by atoms with van der Waals surface area (Å²) in [5.74, 6) is -0.0687. The van der Waals surface area contributed by atoms with Crippen molar-refractivity contribution in [3.63, 3.8) is 0 Å². The number of nitrogens with zero attached hydrogens (tertiary/aromatic N) is 4. The summed E-state index contributed by atoms with van der Waals surface area (Å²) in [7, 11) is 0. The maximum atomic E-state index is 13.1. The first kappa shape index (κ1) is 18.4. The number of halogens is 1. The quantitative estimate of drug-likeness (QED) is 0.557. The van der Waals surface area contributed by atoms with Crippen molar-refractivity contribution in [1.82, 2.24) is 30.5 Å². The van der Waals surface area contributed by atoms with E-state index in [0.717, 1.165) is 23.7 Å².